The highest BCUT2D eigenvalue weighted by atomic mass is 14.7. The van der Waals surface area contributed by atoms with Crippen LogP contribution < -0.4 is 0 Å². The lowest BCUT2D eigenvalue weighted by molar-refractivity contribution is 1.27. The summed E-state index contributed by atoms with van der Waals surface area (Å²) >= 11 is 0. The number of pyridine rings is 3. The summed E-state index contributed by atoms with van der Waals surface area (Å²) in [6.45, 7) is 4.27. The molecular formula is C37H27N3. The number of benzene rings is 4. The first-order valence-corrected chi connectivity index (χ1v) is 13.5. The van der Waals surface area contributed by atoms with Gasteiger partial charge in [-0.2, -0.15) is 0 Å². The van der Waals surface area contributed by atoms with Crippen molar-refractivity contribution < 1.29 is 0 Å². The molecule has 0 saturated heterocycles. The molecule has 3 heterocycles. The molecule has 3 nitrogen and oxygen atoms in total. The minimum atomic E-state index is 0.969. The van der Waals surface area contributed by atoms with Gasteiger partial charge in [0, 0.05) is 35.1 Å². The largest absolute Gasteiger partial charge is 0.256 e. The van der Waals surface area contributed by atoms with E-state index >= 15 is 0 Å². The maximum Gasteiger partial charge on any atom is 0.0744 e. The summed E-state index contributed by atoms with van der Waals surface area (Å²) in [5, 5.41) is 3.50. The van der Waals surface area contributed by atoms with Crippen molar-refractivity contribution in [1.29, 1.82) is 0 Å². The Hall–Kier alpha value is -5.15. The molecule has 0 atom stereocenters. The third kappa shape index (κ3) is 4.22. The molecule has 0 aliphatic carbocycles. The molecule has 7 rings (SSSR count). The van der Waals surface area contributed by atoms with E-state index in [9.17, 15) is 0 Å². The summed E-state index contributed by atoms with van der Waals surface area (Å²) < 4.78 is 0. The summed E-state index contributed by atoms with van der Waals surface area (Å²) in [4.78, 5) is 14.3. The van der Waals surface area contributed by atoms with Crippen molar-refractivity contribution in [2.75, 3.05) is 0 Å². The average molecular weight is 514 g/mol. The van der Waals surface area contributed by atoms with Crippen molar-refractivity contribution in [3.05, 3.63) is 139 Å². The van der Waals surface area contributed by atoms with Gasteiger partial charge < -0.3 is 0 Å². The van der Waals surface area contributed by atoms with Crippen molar-refractivity contribution in [3.63, 3.8) is 0 Å². The van der Waals surface area contributed by atoms with Crippen LogP contribution in [0.1, 0.15) is 11.1 Å². The minimum absolute atomic E-state index is 0.969. The van der Waals surface area contributed by atoms with Gasteiger partial charge in [-0.05, 0) is 100 Å². The van der Waals surface area contributed by atoms with Gasteiger partial charge in [0.1, 0.15) is 0 Å². The van der Waals surface area contributed by atoms with Gasteiger partial charge in [-0.3, -0.25) is 15.0 Å². The normalized spacial score (nSPS) is 11.2. The predicted molar refractivity (Wildman–Crippen MR) is 166 cm³/mol. The Balaban J connectivity index is 1.44. The molecule has 190 valence electrons. The van der Waals surface area contributed by atoms with E-state index in [-0.39, 0.29) is 0 Å². The van der Waals surface area contributed by atoms with Crippen LogP contribution in [-0.2, 0) is 0 Å². The van der Waals surface area contributed by atoms with Gasteiger partial charge in [-0.15, -0.1) is 0 Å². The lowest BCUT2D eigenvalue weighted by Crippen LogP contribution is -1.95. The second-order valence-corrected chi connectivity index (χ2v) is 10.3. The third-order valence-electron chi connectivity index (χ3n) is 7.67. The number of hydrogen-bond acceptors (Lipinski definition) is 3. The molecule has 0 bridgehead atoms. The van der Waals surface area contributed by atoms with Gasteiger partial charge >= 0.3 is 0 Å². The Bertz CT molecular complexity index is 2030. The molecule has 0 radical (unpaired) electrons. The van der Waals surface area contributed by atoms with Gasteiger partial charge in [0.15, 0.2) is 0 Å². The first kappa shape index (κ1) is 23.9. The van der Waals surface area contributed by atoms with Crippen LogP contribution in [0.3, 0.4) is 0 Å². The molecule has 0 saturated carbocycles. The topological polar surface area (TPSA) is 38.7 Å². The Kier molecular flexibility index (Phi) is 5.90. The molecule has 0 aliphatic heterocycles. The highest BCUT2D eigenvalue weighted by Gasteiger charge is 2.16. The highest BCUT2D eigenvalue weighted by Crippen LogP contribution is 2.39. The van der Waals surface area contributed by atoms with Crippen LogP contribution in [0.25, 0.3) is 66.4 Å². The van der Waals surface area contributed by atoms with Crippen LogP contribution in [0.15, 0.2) is 128 Å². The first-order chi connectivity index (χ1) is 19.7. The Morgan fingerprint density at radius 1 is 0.450 bits per heavy atom. The average Bonchev–Trinajstić information content (AvgIpc) is 3.01. The van der Waals surface area contributed by atoms with E-state index < -0.39 is 0 Å². The van der Waals surface area contributed by atoms with Crippen LogP contribution in [0.4, 0.5) is 0 Å². The molecule has 3 aromatic heterocycles. The molecule has 0 fully saturated rings. The summed E-state index contributed by atoms with van der Waals surface area (Å²) in [5.74, 6) is 0. The van der Waals surface area contributed by atoms with Gasteiger partial charge in [-0.1, -0.05) is 66.7 Å². The van der Waals surface area contributed by atoms with E-state index in [4.69, 9.17) is 9.97 Å². The Morgan fingerprint density at radius 2 is 1.27 bits per heavy atom. The summed E-state index contributed by atoms with van der Waals surface area (Å²) in [6.07, 6.45) is 5.65. The van der Waals surface area contributed by atoms with E-state index in [0.717, 1.165) is 50.1 Å². The molecule has 0 unspecified atom stereocenters. The molecular weight excluding hydrogens is 486 g/mol. The molecule has 0 spiro atoms. The second kappa shape index (κ2) is 9.87. The molecule has 4 aromatic carbocycles. The molecule has 0 aliphatic rings. The van der Waals surface area contributed by atoms with E-state index in [2.05, 4.69) is 116 Å². The Morgan fingerprint density at radius 3 is 2.15 bits per heavy atom. The number of hydrogen-bond donors (Lipinski definition) is 0. The van der Waals surface area contributed by atoms with Gasteiger partial charge in [0.2, 0.25) is 0 Å². The molecule has 0 N–H and O–H groups in total. The Labute approximate surface area is 233 Å². The molecule has 0 amide bonds. The lowest BCUT2D eigenvalue weighted by atomic mass is 9.90. The smallest absolute Gasteiger partial charge is 0.0744 e. The van der Waals surface area contributed by atoms with Gasteiger partial charge in [-0.25, -0.2) is 0 Å². The van der Waals surface area contributed by atoms with E-state index in [1.54, 1.807) is 0 Å². The number of rotatable bonds is 4. The fraction of sp³-hybridized carbons (Fsp3) is 0.0541. The number of nitrogens with zero attached hydrogens (tertiary/aromatic N) is 3. The number of aromatic nitrogens is 3. The second-order valence-electron chi connectivity index (χ2n) is 10.3. The zero-order valence-electron chi connectivity index (χ0n) is 22.5. The summed E-state index contributed by atoms with van der Waals surface area (Å²) in [6, 6.07) is 38.5. The zero-order chi connectivity index (χ0) is 27.1. The van der Waals surface area contributed by atoms with Gasteiger partial charge in [0.05, 0.1) is 16.9 Å². The summed E-state index contributed by atoms with van der Waals surface area (Å²) in [5.41, 5.74) is 12.1. The molecule has 3 heteroatoms. The molecule has 40 heavy (non-hydrogen) atoms. The third-order valence-corrected chi connectivity index (χ3v) is 7.67. The minimum Gasteiger partial charge on any atom is -0.256 e. The van der Waals surface area contributed by atoms with E-state index in [1.165, 1.54) is 27.5 Å². The van der Waals surface area contributed by atoms with E-state index in [0.29, 0.717) is 0 Å². The van der Waals surface area contributed by atoms with E-state index in [1.807, 2.05) is 30.7 Å². The monoisotopic (exact) mass is 513 g/mol. The van der Waals surface area contributed by atoms with Crippen LogP contribution in [0, 0.1) is 13.8 Å². The van der Waals surface area contributed by atoms with Crippen molar-refractivity contribution >= 4 is 21.7 Å². The van der Waals surface area contributed by atoms with Crippen molar-refractivity contribution in [1.82, 2.24) is 15.0 Å². The molecule has 7 aromatic rings. The summed E-state index contributed by atoms with van der Waals surface area (Å²) in [7, 11) is 0. The van der Waals surface area contributed by atoms with Crippen molar-refractivity contribution in [2.24, 2.45) is 0 Å². The standard InChI is InChI=1S/C37H27N3/c1-24-15-18-39-35(20-24)29-11-6-10-28(21-29)30-16-19-40-37(25(30)2)34-23-36-32(12-7-17-38-36)31-14-13-27(22-33(31)34)26-8-4-3-5-9-26/h3-23H,1-2H3. The quantitative estimate of drug-likeness (QED) is 0.220. The predicted octanol–water partition coefficient (Wildman–Crippen LogP) is 9.46. The lowest BCUT2D eigenvalue weighted by Gasteiger charge is -2.16. The van der Waals surface area contributed by atoms with Crippen LogP contribution in [0.5, 0.6) is 0 Å². The fourth-order valence-corrected chi connectivity index (χ4v) is 5.64. The fourth-order valence-electron chi connectivity index (χ4n) is 5.64. The zero-order valence-corrected chi connectivity index (χ0v) is 22.5. The van der Waals surface area contributed by atoms with Crippen LogP contribution >= 0.6 is 0 Å². The maximum atomic E-state index is 4.95. The first-order valence-electron chi connectivity index (χ1n) is 13.5. The maximum absolute atomic E-state index is 4.95. The van der Waals surface area contributed by atoms with Crippen LogP contribution in [0.2, 0.25) is 0 Å². The van der Waals surface area contributed by atoms with Crippen molar-refractivity contribution in [2.45, 2.75) is 13.8 Å². The van der Waals surface area contributed by atoms with Crippen molar-refractivity contribution in [3.8, 4) is 44.8 Å². The number of fused-ring (bicyclic) bond motifs is 3. The highest BCUT2D eigenvalue weighted by molar-refractivity contribution is 6.13. The SMILES string of the molecule is Cc1ccnc(-c2cccc(-c3ccnc(-c4cc5ncccc5c5ccc(-c6ccccc6)cc45)c3C)c2)c1. The van der Waals surface area contributed by atoms with Crippen LogP contribution in [-0.4, -0.2) is 15.0 Å². The van der Waals surface area contributed by atoms with Gasteiger partial charge in [0.25, 0.3) is 0 Å². The number of aryl methyl sites for hydroxylation is 1.